The monoisotopic (exact) mass is 614 g/mol. The minimum atomic E-state index is -1.87. The van der Waals surface area contributed by atoms with Crippen molar-refractivity contribution >= 4 is 16.9 Å². The Hall–Kier alpha value is -4.95. The third-order valence-electron chi connectivity index (χ3n) is 9.87. The number of rotatable bonds is 8. The molecule has 0 spiro atoms. The van der Waals surface area contributed by atoms with Crippen molar-refractivity contribution < 1.29 is 24.1 Å². The Balaban J connectivity index is 1.17. The molecule has 3 aliphatic heterocycles. The van der Waals surface area contributed by atoms with Crippen LogP contribution in [-0.2, 0) is 34.7 Å². The van der Waals surface area contributed by atoms with Crippen LogP contribution in [0.4, 0.5) is 0 Å². The maximum absolute atomic E-state index is 13.9. The van der Waals surface area contributed by atoms with Crippen molar-refractivity contribution in [3.05, 3.63) is 123 Å². The smallest absolute Gasteiger partial charge is 0.343 e. The molecule has 2 aromatic heterocycles. The number of hydrogen-bond acceptors (Lipinski definition) is 7. The molecule has 0 unspecified atom stereocenters. The van der Waals surface area contributed by atoms with Crippen LogP contribution in [0.2, 0.25) is 0 Å². The molecule has 5 aromatic rings. The van der Waals surface area contributed by atoms with Crippen LogP contribution >= 0.6 is 0 Å². The fraction of sp³-hybridized carbons (Fsp3) is 0.289. The molecule has 232 valence electrons. The predicted octanol–water partition coefficient (Wildman–Crippen LogP) is 6.35. The number of carbonyl (C=O) groups excluding carboxylic acids is 1. The summed E-state index contributed by atoms with van der Waals surface area (Å²) in [7, 11) is 0. The van der Waals surface area contributed by atoms with Gasteiger partial charge in [0.15, 0.2) is 17.1 Å². The van der Waals surface area contributed by atoms with E-state index in [1.807, 2.05) is 12.1 Å². The van der Waals surface area contributed by atoms with E-state index in [0.717, 1.165) is 47.7 Å². The number of esters is 1. The molecule has 8 nitrogen and oxygen atoms in total. The van der Waals surface area contributed by atoms with Crippen LogP contribution in [0.1, 0.15) is 71.9 Å². The van der Waals surface area contributed by atoms with E-state index in [0.29, 0.717) is 46.5 Å². The Bertz CT molecular complexity index is 2020. The summed E-state index contributed by atoms with van der Waals surface area (Å²) >= 11 is 0. The molecule has 0 radical (unpaired) electrons. The molecular formula is C38H34N2O6. The highest BCUT2D eigenvalue weighted by molar-refractivity contribution is 5.91. The lowest BCUT2D eigenvalue weighted by Gasteiger charge is -2.31. The molecule has 1 atom stereocenters. The first-order valence-electron chi connectivity index (χ1n) is 16.0. The van der Waals surface area contributed by atoms with Gasteiger partial charge in [-0.15, -0.1) is 0 Å². The summed E-state index contributed by atoms with van der Waals surface area (Å²) in [4.78, 5) is 31.6. The summed E-state index contributed by atoms with van der Waals surface area (Å²) in [5, 5.41) is 12.3. The number of aromatic nitrogens is 2. The van der Waals surface area contributed by atoms with E-state index < -0.39 is 11.6 Å². The van der Waals surface area contributed by atoms with E-state index in [-0.39, 0.29) is 25.4 Å². The maximum atomic E-state index is 13.9. The van der Waals surface area contributed by atoms with Gasteiger partial charge in [0.2, 0.25) is 6.79 Å². The second-order valence-corrected chi connectivity index (χ2v) is 12.4. The average Bonchev–Trinajstić information content (AvgIpc) is 3.70. The largest absolute Gasteiger partial charge is 0.458 e. The number of cyclic esters (lactones) is 1. The highest BCUT2D eigenvalue weighted by Gasteiger charge is 2.45. The molecule has 0 aliphatic carbocycles. The summed E-state index contributed by atoms with van der Waals surface area (Å²) in [6.45, 7) is 2.08. The lowest BCUT2D eigenvalue weighted by molar-refractivity contribution is -0.172. The zero-order valence-corrected chi connectivity index (χ0v) is 25.6. The maximum Gasteiger partial charge on any atom is 0.343 e. The van der Waals surface area contributed by atoms with Gasteiger partial charge in [-0.25, -0.2) is 9.78 Å². The molecule has 1 N–H and O–H groups in total. The minimum Gasteiger partial charge on any atom is -0.458 e. The van der Waals surface area contributed by atoms with Crippen molar-refractivity contribution in [3.63, 3.8) is 0 Å². The van der Waals surface area contributed by atoms with Gasteiger partial charge in [0.25, 0.3) is 5.56 Å². The Morgan fingerprint density at radius 3 is 2.28 bits per heavy atom. The normalized spacial score (nSPS) is 17.6. The molecule has 8 heteroatoms. The fourth-order valence-corrected chi connectivity index (χ4v) is 7.38. The molecule has 3 aromatic carbocycles. The number of hydrogen-bond donors (Lipinski definition) is 1. The Labute approximate surface area is 266 Å². The third kappa shape index (κ3) is 4.50. The molecule has 5 heterocycles. The minimum absolute atomic E-state index is 0.0986. The average molecular weight is 615 g/mol. The zero-order chi connectivity index (χ0) is 31.4. The SMILES string of the molecule is CC[C@@]1(O)C(=O)OCc2c1cc1n(c2=O)Cc2c-1nc1cc3c(cc1c2CCCCC(c1ccccc1)c1ccccc1)OCO3. The number of benzene rings is 3. The van der Waals surface area contributed by atoms with Crippen LogP contribution < -0.4 is 15.0 Å². The zero-order valence-electron chi connectivity index (χ0n) is 25.6. The Morgan fingerprint density at radius 1 is 0.891 bits per heavy atom. The summed E-state index contributed by atoms with van der Waals surface area (Å²) < 4.78 is 18.4. The molecule has 46 heavy (non-hydrogen) atoms. The van der Waals surface area contributed by atoms with Gasteiger partial charge in [0.1, 0.15) is 6.61 Å². The number of fused-ring (bicyclic) bond motifs is 6. The number of aryl methyl sites for hydroxylation is 1. The quantitative estimate of drug-likeness (QED) is 0.157. The van der Waals surface area contributed by atoms with Crippen molar-refractivity contribution in [1.29, 1.82) is 0 Å². The lowest BCUT2D eigenvalue weighted by atomic mass is 9.85. The summed E-state index contributed by atoms with van der Waals surface area (Å²) in [5.41, 5.74) is 5.31. The number of ether oxygens (including phenoxy) is 3. The van der Waals surface area contributed by atoms with Gasteiger partial charge in [-0.1, -0.05) is 74.0 Å². The highest BCUT2D eigenvalue weighted by atomic mass is 16.7. The van der Waals surface area contributed by atoms with Crippen molar-refractivity contribution in [3.8, 4) is 22.9 Å². The molecule has 0 fully saturated rings. The van der Waals surface area contributed by atoms with Crippen LogP contribution in [0.3, 0.4) is 0 Å². The first kappa shape index (κ1) is 28.5. The van der Waals surface area contributed by atoms with Crippen molar-refractivity contribution in [1.82, 2.24) is 9.55 Å². The van der Waals surface area contributed by atoms with Crippen molar-refractivity contribution in [2.24, 2.45) is 0 Å². The lowest BCUT2D eigenvalue weighted by Crippen LogP contribution is -2.44. The molecule has 3 aliphatic rings. The molecule has 0 saturated heterocycles. The van der Waals surface area contributed by atoms with Crippen LogP contribution in [0.15, 0.2) is 83.7 Å². The first-order chi connectivity index (χ1) is 22.5. The van der Waals surface area contributed by atoms with E-state index in [1.165, 1.54) is 11.1 Å². The third-order valence-corrected chi connectivity index (χ3v) is 9.87. The first-order valence-corrected chi connectivity index (χ1v) is 16.0. The molecular weight excluding hydrogens is 580 g/mol. The Kier molecular flexibility index (Phi) is 6.91. The molecule has 0 bridgehead atoms. The molecule has 0 amide bonds. The highest BCUT2D eigenvalue weighted by Crippen LogP contribution is 2.43. The van der Waals surface area contributed by atoms with Crippen LogP contribution in [0.25, 0.3) is 22.3 Å². The van der Waals surface area contributed by atoms with Crippen molar-refractivity contribution in [2.75, 3.05) is 6.79 Å². The number of nitrogens with zero attached hydrogens (tertiary/aromatic N) is 2. The summed E-state index contributed by atoms with van der Waals surface area (Å²) in [5.74, 6) is 0.903. The fourth-order valence-electron chi connectivity index (χ4n) is 7.38. The van der Waals surface area contributed by atoms with E-state index in [2.05, 4.69) is 60.7 Å². The van der Waals surface area contributed by atoms with E-state index >= 15 is 0 Å². The topological polar surface area (TPSA) is 99.9 Å². The van der Waals surface area contributed by atoms with Gasteiger partial charge in [0.05, 0.1) is 29.0 Å². The van der Waals surface area contributed by atoms with Gasteiger partial charge < -0.3 is 23.9 Å². The number of unbranched alkanes of at least 4 members (excludes halogenated alkanes) is 1. The van der Waals surface area contributed by atoms with Gasteiger partial charge in [-0.05, 0) is 54.5 Å². The van der Waals surface area contributed by atoms with Crippen molar-refractivity contribution in [2.45, 2.75) is 63.7 Å². The van der Waals surface area contributed by atoms with Gasteiger partial charge in [-0.2, -0.15) is 0 Å². The summed E-state index contributed by atoms with van der Waals surface area (Å²) in [6, 6.07) is 27.0. The van der Waals surface area contributed by atoms with Gasteiger partial charge >= 0.3 is 5.97 Å². The van der Waals surface area contributed by atoms with Crippen LogP contribution in [-0.4, -0.2) is 27.4 Å². The van der Waals surface area contributed by atoms with Gasteiger partial charge in [0, 0.05) is 28.5 Å². The Morgan fingerprint density at radius 2 is 1.59 bits per heavy atom. The number of carbonyl (C=O) groups is 1. The predicted molar refractivity (Wildman–Crippen MR) is 173 cm³/mol. The van der Waals surface area contributed by atoms with E-state index in [9.17, 15) is 14.7 Å². The molecule has 8 rings (SSSR count). The number of pyridine rings is 2. The molecule has 0 saturated carbocycles. The summed E-state index contributed by atoms with van der Waals surface area (Å²) in [6.07, 6.45) is 3.83. The van der Waals surface area contributed by atoms with Crippen LogP contribution in [0, 0.1) is 0 Å². The van der Waals surface area contributed by atoms with Crippen LogP contribution in [0.5, 0.6) is 11.5 Å². The number of aliphatic hydroxyl groups is 1. The van der Waals surface area contributed by atoms with E-state index in [1.54, 1.807) is 17.6 Å². The second kappa shape index (κ2) is 11.1. The second-order valence-electron chi connectivity index (χ2n) is 12.4. The van der Waals surface area contributed by atoms with Gasteiger partial charge in [-0.3, -0.25) is 4.79 Å². The standard InChI is InChI=1S/C38H34N2O6/c1-2-38(43)30-18-32-35-28(20-40(32)36(41)29(30)21-44-37(38)42)26(27-17-33-34(46-22-45-33)19-31(27)39-35)16-10-9-15-25(23-11-5-3-6-12-23)24-13-7-4-8-14-24/h3-8,11-14,17-19,25,43H,2,9-10,15-16,20-22H2,1H3/t38-/m0/s1. The van der Waals surface area contributed by atoms with E-state index in [4.69, 9.17) is 19.2 Å².